The van der Waals surface area contributed by atoms with Gasteiger partial charge in [-0.2, -0.15) is 0 Å². The van der Waals surface area contributed by atoms with Crippen LogP contribution in [-0.4, -0.2) is 12.2 Å². The van der Waals surface area contributed by atoms with Gasteiger partial charge in [-0.15, -0.1) is 0 Å². The van der Waals surface area contributed by atoms with Gasteiger partial charge >= 0.3 is 0 Å². The number of nitrogens with zero attached hydrogens (tertiary/aromatic N) is 1. The third-order valence-corrected chi connectivity index (χ3v) is 1.58. The van der Waals surface area contributed by atoms with Gasteiger partial charge in [0, 0.05) is 19.0 Å². The molecular formula is C9H16N2O. The van der Waals surface area contributed by atoms with Crippen molar-refractivity contribution in [2.75, 3.05) is 7.05 Å². The molecule has 0 atom stereocenters. The molecule has 0 saturated carbocycles. The average molecular weight is 168 g/mol. The summed E-state index contributed by atoms with van der Waals surface area (Å²) in [6.45, 7) is 5.11. The number of rotatable bonds is 4. The Labute approximate surface area is 73.1 Å². The molecule has 0 aliphatic carbocycles. The Morgan fingerprint density at radius 1 is 1.58 bits per heavy atom. The fourth-order valence-electron chi connectivity index (χ4n) is 1.12. The first-order chi connectivity index (χ1) is 5.72. The molecule has 0 aliphatic rings. The van der Waals surface area contributed by atoms with Crippen molar-refractivity contribution in [1.29, 1.82) is 0 Å². The lowest BCUT2D eigenvalue weighted by Crippen LogP contribution is -2.04. The highest BCUT2D eigenvalue weighted by Crippen LogP contribution is 2.09. The second-order valence-electron chi connectivity index (χ2n) is 3.41. The lowest BCUT2D eigenvalue weighted by atomic mass is 10.1. The summed E-state index contributed by atoms with van der Waals surface area (Å²) in [5.41, 5.74) is 0.980. The molecule has 1 aromatic rings. The van der Waals surface area contributed by atoms with Crippen molar-refractivity contribution >= 4 is 0 Å². The van der Waals surface area contributed by atoms with E-state index in [1.807, 2.05) is 13.1 Å². The highest BCUT2D eigenvalue weighted by molar-refractivity contribution is 5.05. The van der Waals surface area contributed by atoms with Crippen LogP contribution in [0.25, 0.3) is 0 Å². The predicted octanol–water partition coefficient (Wildman–Crippen LogP) is 1.59. The van der Waals surface area contributed by atoms with Gasteiger partial charge in [-0.1, -0.05) is 19.0 Å². The predicted molar refractivity (Wildman–Crippen MR) is 47.8 cm³/mol. The lowest BCUT2D eigenvalue weighted by molar-refractivity contribution is 0.362. The summed E-state index contributed by atoms with van der Waals surface area (Å²) >= 11 is 0. The largest absolute Gasteiger partial charge is 0.361 e. The highest BCUT2D eigenvalue weighted by Gasteiger charge is 2.04. The lowest BCUT2D eigenvalue weighted by Gasteiger charge is -1.96. The molecule has 1 rings (SSSR count). The first-order valence-electron chi connectivity index (χ1n) is 4.31. The number of aromatic nitrogens is 1. The van der Waals surface area contributed by atoms with Gasteiger partial charge in [0.2, 0.25) is 0 Å². The quantitative estimate of drug-likeness (QED) is 0.742. The Hall–Kier alpha value is -0.830. The summed E-state index contributed by atoms with van der Waals surface area (Å²) in [5, 5.41) is 6.95. The minimum Gasteiger partial charge on any atom is -0.361 e. The van der Waals surface area contributed by atoms with Crippen LogP contribution in [0.2, 0.25) is 0 Å². The van der Waals surface area contributed by atoms with Crippen molar-refractivity contribution in [3.8, 4) is 0 Å². The van der Waals surface area contributed by atoms with E-state index in [1.165, 1.54) is 0 Å². The summed E-state index contributed by atoms with van der Waals surface area (Å²) in [6, 6.07) is 2.01. The molecule has 0 aliphatic heterocycles. The molecule has 0 spiro atoms. The van der Waals surface area contributed by atoms with E-state index in [-0.39, 0.29) is 0 Å². The molecule has 1 aromatic heterocycles. The van der Waals surface area contributed by atoms with Gasteiger partial charge < -0.3 is 9.84 Å². The van der Waals surface area contributed by atoms with Crippen molar-refractivity contribution in [3.63, 3.8) is 0 Å². The van der Waals surface area contributed by atoms with Gasteiger partial charge in [-0.05, 0) is 13.0 Å². The molecule has 1 heterocycles. The van der Waals surface area contributed by atoms with E-state index in [2.05, 4.69) is 24.3 Å². The van der Waals surface area contributed by atoms with E-state index in [4.69, 9.17) is 4.52 Å². The van der Waals surface area contributed by atoms with Crippen LogP contribution in [0.1, 0.15) is 25.3 Å². The molecular weight excluding hydrogens is 152 g/mol. The normalized spacial score (nSPS) is 11.0. The fraction of sp³-hybridized carbons (Fsp3) is 0.667. The number of hydrogen-bond acceptors (Lipinski definition) is 3. The van der Waals surface area contributed by atoms with Crippen molar-refractivity contribution in [2.45, 2.75) is 26.8 Å². The van der Waals surface area contributed by atoms with Crippen molar-refractivity contribution < 1.29 is 4.52 Å². The number of hydrogen-bond donors (Lipinski definition) is 1. The van der Waals surface area contributed by atoms with E-state index in [0.29, 0.717) is 5.92 Å². The Balaban J connectivity index is 2.52. The standard InChI is InChI=1S/C9H16N2O/c1-7(2)4-9-5-8(6-10-3)11-12-9/h5,7,10H,4,6H2,1-3H3. The Bertz CT molecular complexity index is 230. The fourth-order valence-corrected chi connectivity index (χ4v) is 1.12. The minimum absolute atomic E-state index is 0.625. The smallest absolute Gasteiger partial charge is 0.137 e. The SMILES string of the molecule is CNCc1cc(CC(C)C)on1. The van der Waals surface area contributed by atoms with Crippen LogP contribution in [-0.2, 0) is 13.0 Å². The van der Waals surface area contributed by atoms with Crippen LogP contribution >= 0.6 is 0 Å². The third-order valence-electron chi connectivity index (χ3n) is 1.58. The van der Waals surface area contributed by atoms with Gasteiger partial charge in [-0.25, -0.2) is 0 Å². The molecule has 0 aromatic carbocycles. The molecule has 3 nitrogen and oxygen atoms in total. The van der Waals surface area contributed by atoms with E-state index >= 15 is 0 Å². The molecule has 0 bridgehead atoms. The Morgan fingerprint density at radius 3 is 2.92 bits per heavy atom. The maximum Gasteiger partial charge on any atom is 0.137 e. The monoisotopic (exact) mass is 168 g/mol. The average Bonchev–Trinajstić information content (AvgIpc) is 2.36. The first-order valence-corrected chi connectivity index (χ1v) is 4.31. The maximum atomic E-state index is 5.14. The Morgan fingerprint density at radius 2 is 2.33 bits per heavy atom. The van der Waals surface area contributed by atoms with Gasteiger partial charge in [0.25, 0.3) is 0 Å². The van der Waals surface area contributed by atoms with Gasteiger partial charge in [0.1, 0.15) is 5.76 Å². The Kier molecular flexibility index (Phi) is 3.29. The van der Waals surface area contributed by atoms with Crippen LogP contribution in [0.15, 0.2) is 10.6 Å². The van der Waals surface area contributed by atoms with Crippen LogP contribution < -0.4 is 5.32 Å². The summed E-state index contributed by atoms with van der Waals surface area (Å²) in [7, 11) is 1.90. The summed E-state index contributed by atoms with van der Waals surface area (Å²) in [6.07, 6.45) is 0.969. The second-order valence-corrected chi connectivity index (χ2v) is 3.41. The zero-order valence-electron chi connectivity index (χ0n) is 7.92. The van der Waals surface area contributed by atoms with E-state index in [0.717, 1.165) is 24.4 Å². The summed E-state index contributed by atoms with van der Waals surface area (Å²) in [4.78, 5) is 0. The molecule has 0 unspecified atom stereocenters. The highest BCUT2D eigenvalue weighted by atomic mass is 16.5. The van der Waals surface area contributed by atoms with Gasteiger partial charge in [-0.3, -0.25) is 0 Å². The van der Waals surface area contributed by atoms with Crippen molar-refractivity contribution in [1.82, 2.24) is 10.5 Å². The molecule has 3 heteroatoms. The second kappa shape index (κ2) is 4.26. The van der Waals surface area contributed by atoms with E-state index < -0.39 is 0 Å². The van der Waals surface area contributed by atoms with Crippen molar-refractivity contribution in [3.05, 3.63) is 17.5 Å². The molecule has 12 heavy (non-hydrogen) atoms. The van der Waals surface area contributed by atoms with E-state index in [1.54, 1.807) is 0 Å². The van der Waals surface area contributed by atoms with Crippen LogP contribution in [0, 0.1) is 5.92 Å². The van der Waals surface area contributed by atoms with Crippen LogP contribution in [0.4, 0.5) is 0 Å². The van der Waals surface area contributed by atoms with Gasteiger partial charge in [0.05, 0.1) is 5.69 Å². The maximum absolute atomic E-state index is 5.14. The molecule has 68 valence electrons. The summed E-state index contributed by atoms with van der Waals surface area (Å²) < 4.78 is 5.14. The van der Waals surface area contributed by atoms with Crippen molar-refractivity contribution in [2.24, 2.45) is 5.92 Å². The topological polar surface area (TPSA) is 38.1 Å². The zero-order chi connectivity index (χ0) is 8.97. The molecule has 0 saturated heterocycles. The zero-order valence-corrected chi connectivity index (χ0v) is 7.92. The number of nitrogens with one attached hydrogen (secondary N) is 1. The van der Waals surface area contributed by atoms with Crippen LogP contribution in [0.5, 0.6) is 0 Å². The van der Waals surface area contributed by atoms with E-state index in [9.17, 15) is 0 Å². The molecule has 0 amide bonds. The summed E-state index contributed by atoms with van der Waals surface area (Å²) in [5.74, 6) is 1.61. The minimum atomic E-state index is 0.625. The van der Waals surface area contributed by atoms with Gasteiger partial charge in [0.15, 0.2) is 0 Å². The third kappa shape index (κ3) is 2.66. The first kappa shape index (κ1) is 9.26. The molecule has 1 N–H and O–H groups in total. The molecule has 0 fully saturated rings. The molecule has 0 radical (unpaired) electrons. The van der Waals surface area contributed by atoms with Crippen LogP contribution in [0.3, 0.4) is 0 Å².